The number of nitrogens with zero attached hydrogens (tertiary/aromatic N) is 2. The summed E-state index contributed by atoms with van der Waals surface area (Å²) in [5.74, 6) is 0.281. The second-order valence-electron chi connectivity index (χ2n) is 8.14. The van der Waals surface area contributed by atoms with Crippen molar-refractivity contribution in [2.45, 2.75) is 37.8 Å². The van der Waals surface area contributed by atoms with Gasteiger partial charge in [-0.3, -0.25) is 19.3 Å². The second-order valence-corrected chi connectivity index (χ2v) is 8.14. The number of carbonyl (C=O) groups is 2. The van der Waals surface area contributed by atoms with Crippen LogP contribution in [0, 0.1) is 5.92 Å². The van der Waals surface area contributed by atoms with E-state index >= 15 is 0 Å². The Labute approximate surface area is 164 Å². The fraction of sp³-hybridized carbons (Fsp3) is 0.650. The van der Waals surface area contributed by atoms with Gasteiger partial charge in [-0.15, -0.1) is 0 Å². The predicted octanol–water partition coefficient (Wildman–Crippen LogP) is -0.0778. The lowest BCUT2D eigenvalue weighted by Gasteiger charge is -2.37. The van der Waals surface area contributed by atoms with Gasteiger partial charge in [-0.1, -0.05) is 0 Å². The van der Waals surface area contributed by atoms with Crippen LogP contribution in [0.2, 0.25) is 0 Å². The van der Waals surface area contributed by atoms with Gasteiger partial charge in [0.15, 0.2) is 0 Å². The molecule has 3 aliphatic heterocycles. The number of hydrogen-bond donors (Lipinski definition) is 2. The molecule has 8 nitrogen and oxygen atoms in total. The maximum Gasteiger partial charge on any atom is 0.319 e. The third-order valence-electron chi connectivity index (χ3n) is 6.26. The molecule has 0 saturated carbocycles. The SMILES string of the molecule is COC(=O)CN1CCC(NC(=O)c2ccc3n(c2=O)C[C@@H]2CNC[C@H]3C2)CC1. The minimum absolute atomic E-state index is 0.0189. The Morgan fingerprint density at radius 3 is 2.79 bits per heavy atom. The zero-order valence-corrected chi connectivity index (χ0v) is 16.3. The van der Waals surface area contributed by atoms with Gasteiger partial charge in [0.25, 0.3) is 11.5 Å². The Morgan fingerprint density at radius 2 is 2.04 bits per heavy atom. The molecule has 0 aromatic carbocycles. The summed E-state index contributed by atoms with van der Waals surface area (Å²) in [6, 6.07) is 3.65. The normalized spacial score (nSPS) is 25.0. The zero-order valence-electron chi connectivity index (χ0n) is 16.3. The number of fused-ring (bicyclic) bond motifs is 4. The van der Waals surface area contributed by atoms with Crippen LogP contribution in [-0.2, 0) is 16.1 Å². The zero-order chi connectivity index (χ0) is 19.7. The van der Waals surface area contributed by atoms with Crippen molar-refractivity contribution in [3.63, 3.8) is 0 Å². The van der Waals surface area contributed by atoms with E-state index in [4.69, 9.17) is 4.74 Å². The van der Waals surface area contributed by atoms with Crippen molar-refractivity contribution in [1.82, 2.24) is 20.1 Å². The van der Waals surface area contributed by atoms with Crippen LogP contribution in [0.25, 0.3) is 0 Å². The van der Waals surface area contributed by atoms with Gasteiger partial charge >= 0.3 is 5.97 Å². The molecule has 28 heavy (non-hydrogen) atoms. The molecule has 0 radical (unpaired) electrons. The van der Waals surface area contributed by atoms with Crippen molar-refractivity contribution in [3.05, 3.63) is 33.7 Å². The topological polar surface area (TPSA) is 92.7 Å². The highest BCUT2D eigenvalue weighted by Gasteiger charge is 2.32. The van der Waals surface area contributed by atoms with E-state index in [0.29, 0.717) is 18.4 Å². The van der Waals surface area contributed by atoms with E-state index in [9.17, 15) is 14.4 Å². The van der Waals surface area contributed by atoms with Crippen LogP contribution in [-0.4, -0.2) is 67.2 Å². The number of rotatable bonds is 4. The van der Waals surface area contributed by atoms with Gasteiger partial charge in [0.2, 0.25) is 0 Å². The quantitative estimate of drug-likeness (QED) is 0.701. The van der Waals surface area contributed by atoms with Crippen LogP contribution in [0.1, 0.15) is 41.2 Å². The number of likely N-dealkylation sites (tertiary alicyclic amines) is 1. The maximum atomic E-state index is 13.0. The standard InChI is InChI=1S/C20H28N4O4/c1-28-18(25)12-23-6-4-15(5-7-23)22-19(26)16-2-3-17-14-8-13(9-21-10-14)11-24(17)20(16)27/h2-3,13-15,21H,4-12H2,1H3,(H,22,26)/t13-,14+/m0/s1. The summed E-state index contributed by atoms with van der Waals surface area (Å²) < 4.78 is 6.51. The molecule has 1 amide bonds. The average Bonchev–Trinajstić information content (AvgIpc) is 2.70. The first kappa shape index (κ1) is 19.1. The molecule has 152 valence electrons. The van der Waals surface area contributed by atoms with E-state index in [-0.39, 0.29) is 35.6 Å². The van der Waals surface area contributed by atoms with E-state index in [2.05, 4.69) is 10.6 Å². The monoisotopic (exact) mass is 388 g/mol. The fourth-order valence-electron chi connectivity index (χ4n) is 4.71. The fourth-order valence-corrected chi connectivity index (χ4v) is 4.71. The van der Waals surface area contributed by atoms with Crippen molar-refractivity contribution in [2.24, 2.45) is 5.92 Å². The summed E-state index contributed by atoms with van der Waals surface area (Å²) in [5.41, 5.74) is 1.10. The minimum atomic E-state index is -0.291. The molecule has 0 spiro atoms. The summed E-state index contributed by atoms with van der Waals surface area (Å²) in [6.45, 7) is 4.24. The second kappa shape index (κ2) is 8.05. The Morgan fingerprint density at radius 1 is 1.25 bits per heavy atom. The maximum absolute atomic E-state index is 13.0. The highest BCUT2D eigenvalue weighted by atomic mass is 16.5. The van der Waals surface area contributed by atoms with Crippen LogP contribution in [0.5, 0.6) is 0 Å². The molecule has 0 aliphatic carbocycles. The van der Waals surface area contributed by atoms with Gasteiger partial charge in [0, 0.05) is 43.8 Å². The molecule has 2 atom stereocenters. The number of pyridine rings is 1. The molecular weight excluding hydrogens is 360 g/mol. The van der Waals surface area contributed by atoms with E-state index in [1.54, 1.807) is 6.07 Å². The molecule has 3 aliphatic rings. The van der Waals surface area contributed by atoms with Crippen LogP contribution >= 0.6 is 0 Å². The van der Waals surface area contributed by atoms with E-state index < -0.39 is 0 Å². The highest BCUT2D eigenvalue weighted by molar-refractivity contribution is 5.94. The molecule has 2 fully saturated rings. The van der Waals surface area contributed by atoms with Gasteiger partial charge in [-0.2, -0.15) is 0 Å². The summed E-state index contributed by atoms with van der Waals surface area (Å²) >= 11 is 0. The minimum Gasteiger partial charge on any atom is -0.468 e. The van der Waals surface area contributed by atoms with Crippen molar-refractivity contribution >= 4 is 11.9 Å². The average molecular weight is 388 g/mol. The van der Waals surface area contributed by atoms with Crippen LogP contribution < -0.4 is 16.2 Å². The summed E-state index contributed by atoms with van der Waals surface area (Å²) in [6.07, 6.45) is 2.62. The molecule has 2 N–H and O–H groups in total. The van der Waals surface area contributed by atoms with Crippen molar-refractivity contribution < 1.29 is 14.3 Å². The molecule has 1 aromatic rings. The number of hydrogen-bond acceptors (Lipinski definition) is 6. The Kier molecular flexibility index (Phi) is 5.50. The molecule has 0 unspecified atom stereocenters. The summed E-state index contributed by atoms with van der Waals surface area (Å²) in [7, 11) is 1.39. The van der Waals surface area contributed by atoms with E-state index in [0.717, 1.165) is 51.1 Å². The Hall–Kier alpha value is -2.19. The molecule has 8 heteroatoms. The first-order valence-corrected chi connectivity index (χ1v) is 10.1. The lowest BCUT2D eigenvalue weighted by molar-refractivity contribution is -0.142. The number of methoxy groups -OCH3 is 1. The highest BCUT2D eigenvalue weighted by Crippen LogP contribution is 2.31. The Balaban J connectivity index is 1.40. The summed E-state index contributed by atoms with van der Waals surface area (Å²) in [4.78, 5) is 39.1. The lowest BCUT2D eigenvalue weighted by atomic mass is 9.84. The summed E-state index contributed by atoms with van der Waals surface area (Å²) in [5, 5.41) is 6.44. The smallest absolute Gasteiger partial charge is 0.319 e. The molecule has 4 rings (SSSR count). The van der Waals surface area contributed by atoms with Crippen LogP contribution in [0.4, 0.5) is 0 Å². The van der Waals surface area contributed by atoms with Crippen molar-refractivity contribution in [1.29, 1.82) is 0 Å². The molecule has 2 bridgehead atoms. The number of nitrogens with one attached hydrogen (secondary N) is 2. The number of amides is 1. The number of carbonyl (C=O) groups excluding carboxylic acids is 2. The lowest BCUT2D eigenvalue weighted by Crippen LogP contribution is -2.48. The van der Waals surface area contributed by atoms with Crippen molar-refractivity contribution in [2.75, 3.05) is 39.8 Å². The molecule has 1 aromatic heterocycles. The largest absolute Gasteiger partial charge is 0.468 e. The van der Waals surface area contributed by atoms with Gasteiger partial charge in [-0.25, -0.2) is 0 Å². The number of piperidine rings is 2. The molecule has 2 saturated heterocycles. The first-order valence-electron chi connectivity index (χ1n) is 10.1. The molecular formula is C20H28N4O4. The van der Waals surface area contributed by atoms with Gasteiger partial charge in [0.1, 0.15) is 5.56 Å². The number of ether oxygens (including phenoxy) is 1. The van der Waals surface area contributed by atoms with Gasteiger partial charge in [-0.05, 0) is 43.9 Å². The number of aromatic nitrogens is 1. The predicted molar refractivity (Wildman–Crippen MR) is 103 cm³/mol. The van der Waals surface area contributed by atoms with E-state index in [1.165, 1.54) is 7.11 Å². The van der Waals surface area contributed by atoms with Crippen molar-refractivity contribution in [3.8, 4) is 0 Å². The first-order chi connectivity index (χ1) is 13.5. The van der Waals surface area contributed by atoms with Crippen LogP contribution in [0.3, 0.4) is 0 Å². The van der Waals surface area contributed by atoms with Gasteiger partial charge < -0.3 is 19.9 Å². The molecule has 4 heterocycles. The van der Waals surface area contributed by atoms with Crippen LogP contribution in [0.15, 0.2) is 16.9 Å². The third kappa shape index (κ3) is 3.84. The Bertz CT molecular complexity index is 813. The van der Waals surface area contributed by atoms with Gasteiger partial charge in [0.05, 0.1) is 13.7 Å². The third-order valence-corrected chi connectivity index (χ3v) is 6.26. The van der Waals surface area contributed by atoms with E-state index in [1.807, 2.05) is 15.5 Å². The number of esters is 1.